The van der Waals surface area contributed by atoms with Crippen molar-refractivity contribution in [3.63, 3.8) is 0 Å². The molecule has 1 aromatic rings. The van der Waals surface area contributed by atoms with Crippen molar-refractivity contribution in [3.05, 3.63) is 29.8 Å². The molecule has 0 spiro atoms. The zero-order valence-corrected chi connectivity index (χ0v) is 10.2. The molecule has 0 bridgehead atoms. The van der Waals surface area contributed by atoms with Gasteiger partial charge in [0.1, 0.15) is 5.75 Å². The van der Waals surface area contributed by atoms with Crippen LogP contribution in [-0.4, -0.2) is 11.9 Å². The number of aryl methyl sites for hydroxylation is 1. The van der Waals surface area contributed by atoms with Crippen molar-refractivity contribution < 1.29 is 4.74 Å². The van der Waals surface area contributed by atoms with Crippen LogP contribution in [0.25, 0.3) is 0 Å². The molecule has 0 aliphatic heterocycles. The summed E-state index contributed by atoms with van der Waals surface area (Å²) in [7, 11) is 0. The molecule has 0 amide bonds. The highest BCUT2D eigenvalue weighted by Gasteiger charge is 1.94. The van der Waals surface area contributed by atoms with Gasteiger partial charge in [0.2, 0.25) is 0 Å². The summed E-state index contributed by atoms with van der Waals surface area (Å²) in [5.74, 6) is 0.981. The highest BCUT2D eigenvalue weighted by atomic mass is 79.9. The van der Waals surface area contributed by atoms with Crippen LogP contribution in [0.5, 0.6) is 5.75 Å². The van der Waals surface area contributed by atoms with Gasteiger partial charge in [-0.1, -0.05) is 35.0 Å². The van der Waals surface area contributed by atoms with Crippen LogP contribution in [0.3, 0.4) is 0 Å². The number of benzene rings is 1. The average molecular weight is 257 g/mol. The normalized spacial score (nSPS) is 10.1. The fourth-order valence-corrected chi connectivity index (χ4v) is 1.52. The van der Waals surface area contributed by atoms with Gasteiger partial charge < -0.3 is 4.74 Å². The van der Waals surface area contributed by atoms with Crippen LogP contribution in [0.1, 0.15) is 25.3 Å². The van der Waals surface area contributed by atoms with Crippen LogP contribution in [0, 0.1) is 0 Å². The zero-order chi connectivity index (χ0) is 10.2. The van der Waals surface area contributed by atoms with Crippen LogP contribution in [0.4, 0.5) is 0 Å². The average Bonchev–Trinajstić information content (AvgIpc) is 2.25. The van der Waals surface area contributed by atoms with Gasteiger partial charge in [-0.25, -0.2) is 0 Å². The van der Waals surface area contributed by atoms with Gasteiger partial charge in [0.05, 0.1) is 6.61 Å². The van der Waals surface area contributed by atoms with Crippen LogP contribution < -0.4 is 4.74 Å². The molecule has 1 rings (SSSR count). The molecule has 0 aromatic heterocycles. The van der Waals surface area contributed by atoms with E-state index < -0.39 is 0 Å². The maximum atomic E-state index is 5.51. The molecule has 0 aliphatic rings. The number of hydrogen-bond acceptors (Lipinski definition) is 1. The van der Waals surface area contributed by atoms with E-state index in [1.165, 1.54) is 12.0 Å². The summed E-state index contributed by atoms with van der Waals surface area (Å²) in [6, 6.07) is 8.40. The van der Waals surface area contributed by atoms with Crippen molar-refractivity contribution in [2.75, 3.05) is 11.9 Å². The van der Waals surface area contributed by atoms with Crippen molar-refractivity contribution >= 4 is 15.9 Å². The summed E-state index contributed by atoms with van der Waals surface area (Å²) in [6.45, 7) is 2.92. The predicted octanol–water partition coefficient (Wildman–Crippen LogP) is 3.80. The van der Waals surface area contributed by atoms with E-state index in [9.17, 15) is 0 Å². The highest BCUT2D eigenvalue weighted by molar-refractivity contribution is 9.09. The van der Waals surface area contributed by atoms with Crippen LogP contribution in [-0.2, 0) is 6.42 Å². The van der Waals surface area contributed by atoms with E-state index in [-0.39, 0.29) is 0 Å². The van der Waals surface area contributed by atoms with Gasteiger partial charge in [-0.3, -0.25) is 0 Å². The minimum atomic E-state index is 0.806. The van der Waals surface area contributed by atoms with Crippen molar-refractivity contribution in [1.29, 1.82) is 0 Å². The first-order valence-corrected chi connectivity index (χ1v) is 6.26. The van der Waals surface area contributed by atoms with Gasteiger partial charge in [-0.2, -0.15) is 0 Å². The molecular weight excluding hydrogens is 240 g/mol. The molecule has 78 valence electrons. The highest BCUT2D eigenvalue weighted by Crippen LogP contribution is 2.13. The molecule has 0 heterocycles. The molecular formula is C12H17BrO. The second-order valence-electron chi connectivity index (χ2n) is 3.28. The van der Waals surface area contributed by atoms with Crippen molar-refractivity contribution in [1.82, 2.24) is 0 Å². The standard InChI is InChI=1S/C12H17BrO/c1-2-10-14-12-7-5-11(6-8-12)4-3-9-13/h5-8H,2-4,9-10H2,1H3. The molecule has 0 saturated carbocycles. The topological polar surface area (TPSA) is 9.23 Å². The lowest BCUT2D eigenvalue weighted by atomic mass is 10.1. The Bertz CT molecular complexity index is 216. The first-order valence-electron chi connectivity index (χ1n) is 5.14. The van der Waals surface area contributed by atoms with Gasteiger partial charge in [0, 0.05) is 5.33 Å². The number of rotatable bonds is 6. The SMILES string of the molecule is CCCOc1ccc(CCCBr)cc1. The van der Waals surface area contributed by atoms with Crippen LogP contribution >= 0.6 is 15.9 Å². The van der Waals surface area contributed by atoms with Gasteiger partial charge in [-0.15, -0.1) is 0 Å². The first-order chi connectivity index (χ1) is 6.86. The van der Waals surface area contributed by atoms with Crippen molar-refractivity contribution in [3.8, 4) is 5.75 Å². The molecule has 1 aromatic carbocycles. The fourth-order valence-electron chi connectivity index (χ4n) is 1.24. The Kier molecular flexibility index (Phi) is 5.69. The summed E-state index contributed by atoms with van der Waals surface area (Å²) in [6.07, 6.45) is 3.39. The van der Waals surface area contributed by atoms with Gasteiger partial charge >= 0.3 is 0 Å². The fraction of sp³-hybridized carbons (Fsp3) is 0.500. The lowest BCUT2D eigenvalue weighted by Crippen LogP contribution is -1.95. The second kappa shape index (κ2) is 6.88. The van der Waals surface area contributed by atoms with E-state index in [0.717, 1.165) is 30.5 Å². The number of hydrogen-bond donors (Lipinski definition) is 0. The zero-order valence-electron chi connectivity index (χ0n) is 8.63. The van der Waals surface area contributed by atoms with Gasteiger partial charge in [0.25, 0.3) is 0 Å². The Labute approximate surface area is 94.6 Å². The van der Waals surface area contributed by atoms with E-state index in [0.29, 0.717) is 0 Å². The Morgan fingerprint density at radius 2 is 1.93 bits per heavy atom. The van der Waals surface area contributed by atoms with Crippen molar-refractivity contribution in [2.24, 2.45) is 0 Å². The molecule has 14 heavy (non-hydrogen) atoms. The minimum Gasteiger partial charge on any atom is -0.494 e. The summed E-state index contributed by atoms with van der Waals surface area (Å²) in [4.78, 5) is 0. The second-order valence-corrected chi connectivity index (χ2v) is 4.08. The summed E-state index contributed by atoms with van der Waals surface area (Å²) < 4.78 is 5.51. The van der Waals surface area contributed by atoms with Crippen LogP contribution in [0.2, 0.25) is 0 Å². The molecule has 1 nitrogen and oxygen atoms in total. The quantitative estimate of drug-likeness (QED) is 0.704. The third kappa shape index (κ3) is 4.14. The van der Waals surface area contributed by atoms with Crippen LogP contribution in [0.15, 0.2) is 24.3 Å². The number of alkyl halides is 1. The lowest BCUT2D eigenvalue weighted by Gasteiger charge is -2.05. The molecule has 0 saturated heterocycles. The molecule has 2 heteroatoms. The predicted molar refractivity (Wildman–Crippen MR) is 64.3 cm³/mol. The molecule has 0 aliphatic carbocycles. The Hall–Kier alpha value is -0.500. The third-order valence-corrected chi connectivity index (χ3v) is 2.56. The molecule has 0 fully saturated rings. The Morgan fingerprint density at radius 3 is 2.50 bits per heavy atom. The molecule has 0 N–H and O–H groups in total. The third-order valence-electron chi connectivity index (χ3n) is 2.00. The van der Waals surface area contributed by atoms with E-state index in [2.05, 4.69) is 47.1 Å². The van der Waals surface area contributed by atoms with Gasteiger partial charge in [-0.05, 0) is 37.0 Å². The molecule has 0 radical (unpaired) electrons. The summed E-state index contributed by atoms with van der Waals surface area (Å²) >= 11 is 3.43. The maximum Gasteiger partial charge on any atom is 0.119 e. The van der Waals surface area contributed by atoms with Gasteiger partial charge in [0.15, 0.2) is 0 Å². The van der Waals surface area contributed by atoms with E-state index >= 15 is 0 Å². The maximum absolute atomic E-state index is 5.51. The van der Waals surface area contributed by atoms with E-state index in [1.807, 2.05) is 0 Å². The summed E-state index contributed by atoms with van der Waals surface area (Å²) in [5, 5.41) is 1.07. The smallest absolute Gasteiger partial charge is 0.119 e. The number of halogens is 1. The summed E-state index contributed by atoms with van der Waals surface area (Å²) in [5.41, 5.74) is 1.38. The first kappa shape index (κ1) is 11.6. The van der Waals surface area contributed by atoms with E-state index in [4.69, 9.17) is 4.74 Å². The lowest BCUT2D eigenvalue weighted by molar-refractivity contribution is 0.317. The minimum absolute atomic E-state index is 0.806. The largest absolute Gasteiger partial charge is 0.494 e. The monoisotopic (exact) mass is 256 g/mol. The molecule has 0 atom stereocenters. The van der Waals surface area contributed by atoms with E-state index in [1.54, 1.807) is 0 Å². The Morgan fingerprint density at radius 1 is 1.21 bits per heavy atom. The molecule has 0 unspecified atom stereocenters. The number of ether oxygens (including phenoxy) is 1. The Balaban J connectivity index is 2.42. The van der Waals surface area contributed by atoms with Crippen molar-refractivity contribution in [2.45, 2.75) is 26.2 Å².